The zero-order valence-corrected chi connectivity index (χ0v) is 14.5. The molecule has 0 aromatic heterocycles. The van der Waals surface area contributed by atoms with Crippen molar-refractivity contribution in [3.05, 3.63) is 62.7 Å². The second kappa shape index (κ2) is 6.36. The molecule has 2 rings (SSSR count). The van der Waals surface area contributed by atoms with Gasteiger partial charge in [-0.3, -0.25) is 4.79 Å². The number of halogens is 3. The monoisotopic (exact) mass is 419 g/mol. The summed E-state index contributed by atoms with van der Waals surface area (Å²) in [6, 6.07) is 10.9. The summed E-state index contributed by atoms with van der Waals surface area (Å²) in [7, 11) is 1.49. The third-order valence-electron chi connectivity index (χ3n) is 2.96. The molecule has 0 fully saturated rings. The van der Waals surface area contributed by atoms with Gasteiger partial charge in [0.25, 0.3) is 11.6 Å². The first kappa shape index (κ1) is 16.3. The average Bonchev–Trinajstić information content (AvgIpc) is 2.41. The van der Waals surface area contributed by atoms with Crippen LogP contribution in [-0.4, -0.2) is 5.91 Å². The van der Waals surface area contributed by atoms with Crippen molar-refractivity contribution in [2.75, 3.05) is 5.32 Å². The first-order chi connectivity index (χ1) is 9.77. The van der Waals surface area contributed by atoms with Gasteiger partial charge in [-0.1, -0.05) is 27.4 Å². The van der Waals surface area contributed by atoms with Crippen LogP contribution in [0.3, 0.4) is 0 Å². The van der Waals surface area contributed by atoms with Crippen molar-refractivity contribution < 1.29 is 13.6 Å². The lowest BCUT2D eigenvalue weighted by Gasteiger charge is -2.11. The van der Waals surface area contributed by atoms with Crippen LogP contribution in [0, 0.1) is 10.5 Å². The molecule has 1 amide bonds. The molecule has 0 aliphatic carbocycles. The van der Waals surface area contributed by atoms with Crippen LogP contribution in [0.2, 0.25) is 0 Å². The van der Waals surface area contributed by atoms with Gasteiger partial charge in [-0.2, -0.15) is 8.78 Å². The quantitative estimate of drug-likeness (QED) is 0.564. The van der Waals surface area contributed by atoms with E-state index in [0.717, 1.165) is 9.13 Å². The van der Waals surface area contributed by atoms with E-state index in [2.05, 4.69) is 27.9 Å². The number of alkyl halides is 2. The fourth-order valence-electron chi connectivity index (χ4n) is 1.71. The van der Waals surface area contributed by atoms with Gasteiger partial charge in [-0.15, -0.1) is 0 Å². The molecule has 0 saturated heterocycles. The van der Waals surface area contributed by atoms with E-state index in [9.17, 15) is 13.6 Å². The number of nitrogens with one attached hydrogen (secondary N) is 1. The van der Waals surface area contributed by atoms with Gasteiger partial charge in [-0.25, -0.2) is 0 Å². The normalized spacial score (nSPS) is 11.3. The lowest BCUT2D eigenvalue weighted by atomic mass is 10.1. The van der Waals surface area contributed by atoms with Crippen molar-refractivity contribution in [2.24, 2.45) is 0 Å². The summed E-state index contributed by atoms with van der Waals surface area (Å²) in [5, 5.41) is 2.69. The third kappa shape index (κ3) is 4.20. The van der Waals surface area contributed by atoms with Crippen molar-refractivity contribution >= 4 is 43.4 Å². The Hall–Kier alpha value is -1.07. The van der Waals surface area contributed by atoms with Gasteiger partial charge < -0.3 is 5.32 Å². The predicted octanol–water partition coefficient (Wildman–Crippen LogP) is 4.78. The van der Waals surface area contributed by atoms with Crippen LogP contribution in [0.15, 0.2) is 42.5 Å². The molecule has 0 saturated carbocycles. The summed E-state index contributed by atoms with van der Waals surface area (Å²) in [5.41, 5.74) is -0.969. The molecule has 0 aliphatic rings. The van der Waals surface area contributed by atoms with Gasteiger partial charge in [0.15, 0.2) is 0 Å². The van der Waals surface area contributed by atoms with Crippen molar-refractivity contribution in [1.29, 1.82) is 0 Å². The Kier molecular flexibility index (Phi) is 4.94. The molecule has 0 heterocycles. The molecule has 2 aromatic carbocycles. The molecule has 1 unspecified atom stereocenters. The standard InChI is InChI=1S/C15H13F2INOP/c1-9-2-3-10(8-13(9)18)14(20)19-12-6-4-11(5-7-12)15(16,17)21/h2-8H,21H2,1H3,(H,19,20). The Morgan fingerprint density at radius 1 is 1.19 bits per heavy atom. The highest BCUT2D eigenvalue weighted by molar-refractivity contribution is 14.1. The number of aryl methyl sites for hydroxylation is 1. The molecule has 1 N–H and O–H groups in total. The number of benzene rings is 2. The van der Waals surface area contributed by atoms with Crippen LogP contribution in [0.5, 0.6) is 0 Å². The highest BCUT2D eigenvalue weighted by Crippen LogP contribution is 2.35. The summed E-state index contributed by atoms with van der Waals surface area (Å²) < 4.78 is 27.1. The zero-order chi connectivity index (χ0) is 15.6. The summed E-state index contributed by atoms with van der Waals surface area (Å²) in [6.07, 6.45) is 0. The molecule has 110 valence electrons. The van der Waals surface area contributed by atoms with E-state index in [1.807, 2.05) is 13.0 Å². The van der Waals surface area contributed by atoms with Crippen LogP contribution in [0.25, 0.3) is 0 Å². The number of carbonyl (C=O) groups excluding carboxylic acids is 1. The lowest BCUT2D eigenvalue weighted by molar-refractivity contribution is 0.102. The fourth-order valence-corrected chi connectivity index (χ4v) is 2.42. The highest BCUT2D eigenvalue weighted by Gasteiger charge is 2.23. The smallest absolute Gasteiger partial charge is 0.283 e. The number of hydrogen-bond acceptors (Lipinski definition) is 1. The Morgan fingerprint density at radius 3 is 2.33 bits per heavy atom. The van der Waals surface area contributed by atoms with Crippen LogP contribution in [0.1, 0.15) is 21.5 Å². The van der Waals surface area contributed by atoms with Gasteiger partial charge in [0, 0.05) is 20.4 Å². The van der Waals surface area contributed by atoms with E-state index in [-0.39, 0.29) is 11.5 Å². The second-order valence-electron chi connectivity index (χ2n) is 4.62. The first-order valence-electron chi connectivity index (χ1n) is 6.12. The fraction of sp³-hybridized carbons (Fsp3) is 0.133. The summed E-state index contributed by atoms with van der Waals surface area (Å²) in [6.45, 7) is 1.96. The van der Waals surface area contributed by atoms with Crippen LogP contribution >= 0.6 is 31.8 Å². The number of amides is 1. The average molecular weight is 419 g/mol. The minimum Gasteiger partial charge on any atom is -0.322 e. The second-order valence-corrected chi connectivity index (χ2v) is 6.51. The van der Waals surface area contributed by atoms with E-state index in [1.54, 1.807) is 12.1 Å². The van der Waals surface area contributed by atoms with E-state index >= 15 is 0 Å². The van der Waals surface area contributed by atoms with Crippen LogP contribution in [0.4, 0.5) is 14.5 Å². The van der Waals surface area contributed by atoms with Gasteiger partial charge in [0.1, 0.15) is 0 Å². The third-order valence-corrected chi connectivity index (χ3v) is 4.46. The van der Waals surface area contributed by atoms with Crippen molar-refractivity contribution in [3.8, 4) is 0 Å². The molecule has 0 aliphatic heterocycles. The minimum atomic E-state index is -2.96. The molecule has 2 aromatic rings. The van der Waals surface area contributed by atoms with E-state index in [0.29, 0.717) is 11.3 Å². The van der Waals surface area contributed by atoms with Gasteiger partial charge in [0.05, 0.1) is 0 Å². The SMILES string of the molecule is Cc1ccc(C(=O)Nc2ccc(C(F)(F)P)cc2)cc1I. The largest absolute Gasteiger partial charge is 0.322 e. The van der Waals surface area contributed by atoms with Crippen LogP contribution in [-0.2, 0) is 5.66 Å². The van der Waals surface area contributed by atoms with Crippen molar-refractivity contribution in [3.63, 3.8) is 0 Å². The van der Waals surface area contributed by atoms with Crippen LogP contribution < -0.4 is 5.32 Å². The summed E-state index contributed by atoms with van der Waals surface area (Å²) in [5.74, 6) is -0.265. The molecule has 2 nitrogen and oxygen atoms in total. The zero-order valence-electron chi connectivity index (χ0n) is 11.2. The van der Waals surface area contributed by atoms with Gasteiger partial charge >= 0.3 is 0 Å². The van der Waals surface area contributed by atoms with Gasteiger partial charge in [-0.05, 0) is 59.3 Å². The summed E-state index contributed by atoms with van der Waals surface area (Å²) >= 11 is 2.16. The summed E-state index contributed by atoms with van der Waals surface area (Å²) in [4.78, 5) is 12.1. The maximum Gasteiger partial charge on any atom is 0.283 e. The maximum atomic E-state index is 13.1. The Morgan fingerprint density at radius 2 is 1.81 bits per heavy atom. The predicted molar refractivity (Wildman–Crippen MR) is 91.9 cm³/mol. The lowest BCUT2D eigenvalue weighted by Crippen LogP contribution is -2.12. The number of carbonyl (C=O) groups is 1. The molecular formula is C15H13F2INOP. The number of hydrogen-bond donors (Lipinski definition) is 1. The minimum absolute atomic E-state index is 0.115. The molecule has 0 spiro atoms. The van der Waals surface area contributed by atoms with Gasteiger partial charge in [0.2, 0.25) is 0 Å². The van der Waals surface area contributed by atoms with E-state index < -0.39 is 5.66 Å². The van der Waals surface area contributed by atoms with E-state index in [4.69, 9.17) is 0 Å². The topological polar surface area (TPSA) is 29.1 Å². The molecule has 1 atom stereocenters. The molecule has 6 heteroatoms. The number of anilines is 1. The van der Waals surface area contributed by atoms with Crippen molar-refractivity contribution in [2.45, 2.75) is 12.6 Å². The Bertz CT molecular complexity index is 668. The van der Waals surface area contributed by atoms with E-state index in [1.165, 1.54) is 33.5 Å². The molecule has 0 radical (unpaired) electrons. The molecule has 21 heavy (non-hydrogen) atoms. The first-order valence-corrected chi connectivity index (χ1v) is 7.78. The highest BCUT2D eigenvalue weighted by atomic mass is 127. The molecule has 0 bridgehead atoms. The Balaban J connectivity index is 2.14. The Labute approximate surface area is 137 Å². The maximum absolute atomic E-state index is 13.1. The number of rotatable bonds is 3. The molecular weight excluding hydrogens is 406 g/mol. The van der Waals surface area contributed by atoms with Crippen molar-refractivity contribution in [1.82, 2.24) is 0 Å².